The maximum Gasteiger partial charge on any atom is 0.249 e. The molecule has 1 saturated heterocycles. The van der Waals surface area contributed by atoms with Crippen LogP contribution >= 0.6 is 0 Å². The molecular formula is C18H22FN3O3. The van der Waals surface area contributed by atoms with Gasteiger partial charge in [0.05, 0.1) is 18.3 Å². The number of hydrogen-bond donors (Lipinski definition) is 1. The molecule has 0 spiro atoms. The number of halogens is 1. The van der Waals surface area contributed by atoms with E-state index in [1.165, 1.54) is 19.2 Å². The summed E-state index contributed by atoms with van der Waals surface area (Å²) in [5.41, 5.74) is 1.79. The number of nitrogens with zero attached hydrogens (tertiary/aromatic N) is 2. The van der Waals surface area contributed by atoms with Crippen molar-refractivity contribution in [1.82, 2.24) is 15.1 Å². The summed E-state index contributed by atoms with van der Waals surface area (Å²) in [4.78, 5) is 13.9. The molecule has 1 N–H and O–H groups in total. The lowest BCUT2D eigenvalue weighted by Crippen LogP contribution is -2.33. The Morgan fingerprint density at radius 1 is 1.44 bits per heavy atom. The summed E-state index contributed by atoms with van der Waals surface area (Å²) in [6, 6.07) is 8.04. The number of carbonyl (C=O) groups excluding carboxylic acids is 1. The van der Waals surface area contributed by atoms with Crippen LogP contribution in [0, 0.1) is 5.82 Å². The van der Waals surface area contributed by atoms with Gasteiger partial charge in [-0.15, -0.1) is 0 Å². The van der Waals surface area contributed by atoms with Crippen molar-refractivity contribution in [2.45, 2.75) is 25.3 Å². The minimum absolute atomic E-state index is 0.00297. The first kappa shape index (κ1) is 17.4. The molecule has 3 rings (SSSR count). The van der Waals surface area contributed by atoms with Gasteiger partial charge in [0.2, 0.25) is 5.91 Å². The molecule has 2 heterocycles. The van der Waals surface area contributed by atoms with Crippen LogP contribution in [-0.4, -0.2) is 47.9 Å². The van der Waals surface area contributed by atoms with E-state index in [9.17, 15) is 9.18 Å². The lowest BCUT2D eigenvalue weighted by molar-refractivity contribution is -0.136. The van der Waals surface area contributed by atoms with Gasteiger partial charge in [0.1, 0.15) is 18.2 Å². The predicted molar refractivity (Wildman–Crippen MR) is 89.8 cm³/mol. The number of methoxy groups -OCH3 is 1. The molecule has 25 heavy (non-hydrogen) atoms. The Labute approximate surface area is 145 Å². The second-order valence-electron chi connectivity index (χ2n) is 6.05. The number of aromatic amines is 1. The standard InChI is InChI=1S/C18H22FN3O3/c1-24-12-18(23)22-8-3-6-17(22)16-11-14(20-21-16)7-9-25-15-5-2-4-13(19)10-15/h2,4-5,10-11,17H,3,6-9,12H2,1H3,(H,20,21). The van der Waals surface area contributed by atoms with Crippen molar-refractivity contribution in [2.24, 2.45) is 0 Å². The van der Waals surface area contributed by atoms with E-state index in [0.717, 1.165) is 30.8 Å². The van der Waals surface area contributed by atoms with Crippen molar-refractivity contribution < 1.29 is 18.7 Å². The van der Waals surface area contributed by atoms with Crippen LogP contribution in [0.3, 0.4) is 0 Å². The van der Waals surface area contributed by atoms with Gasteiger partial charge in [-0.05, 0) is 31.0 Å². The predicted octanol–water partition coefficient (Wildman–Crippen LogP) is 2.48. The minimum Gasteiger partial charge on any atom is -0.493 e. The van der Waals surface area contributed by atoms with Gasteiger partial charge in [-0.25, -0.2) is 4.39 Å². The number of rotatable bonds is 7. The van der Waals surface area contributed by atoms with Crippen molar-refractivity contribution in [1.29, 1.82) is 0 Å². The average Bonchev–Trinajstić information content (AvgIpc) is 3.24. The molecule has 134 valence electrons. The monoisotopic (exact) mass is 347 g/mol. The molecule has 1 amide bonds. The van der Waals surface area contributed by atoms with Gasteiger partial charge in [0.25, 0.3) is 0 Å². The van der Waals surface area contributed by atoms with E-state index in [4.69, 9.17) is 9.47 Å². The number of amides is 1. The van der Waals surface area contributed by atoms with E-state index < -0.39 is 0 Å². The quantitative estimate of drug-likeness (QED) is 0.836. The minimum atomic E-state index is -0.316. The van der Waals surface area contributed by atoms with Crippen molar-refractivity contribution in [3.63, 3.8) is 0 Å². The Morgan fingerprint density at radius 3 is 3.12 bits per heavy atom. The molecule has 0 bridgehead atoms. The van der Waals surface area contributed by atoms with Crippen LogP contribution in [0.25, 0.3) is 0 Å². The highest BCUT2D eigenvalue weighted by Gasteiger charge is 2.31. The largest absolute Gasteiger partial charge is 0.493 e. The molecule has 1 aliphatic rings. The zero-order valence-electron chi connectivity index (χ0n) is 14.2. The fraction of sp³-hybridized carbons (Fsp3) is 0.444. The molecule has 1 aliphatic heterocycles. The Kier molecular flexibility index (Phi) is 5.65. The second-order valence-corrected chi connectivity index (χ2v) is 6.05. The first-order chi connectivity index (χ1) is 12.2. The van der Waals surface area contributed by atoms with E-state index in [0.29, 0.717) is 18.8 Å². The third-order valence-electron chi connectivity index (χ3n) is 4.27. The van der Waals surface area contributed by atoms with E-state index in [1.54, 1.807) is 12.1 Å². The van der Waals surface area contributed by atoms with Crippen molar-refractivity contribution in [3.05, 3.63) is 47.5 Å². The summed E-state index contributed by atoms with van der Waals surface area (Å²) in [6.07, 6.45) is 2.49. The van der Waals surface area contributed by atoms with Crippen LogP contribution in [0.5, 0.6) is 5.75 Å². The van der Waals surface area contributed by atoms with Crippen molar-refractivity contribution >= 4 is 5.91 Å². The fourth-order valence-corrected chi connectivity index (χ4v) is 3.09. The highest BCUT2D eigenvalue weighted by atomic mass is 19.1. The topological polar surface area (TPSA) is 67.4 Å². The van der Waals surface area contributed by atoms with Crippen LogP contribution < -0.4 is 4.74 Å². The van der Waals surface area contributed by atoms with E-state index in [1.807, 2.05) is 11.0 Å². The number of ether oxygens (including phenoxy) is 2. The summed E-state index contributed by atoms with van der Waals surface area (Å²) in [5, 5.41) is 7.35. The molecule has 1 fully saturated rings. The zero-order chi connectivity index (χ0) is 17.6. The van der Waals surface area contributed by atoms with Gasteiger partial charge in [-0.3, -0.25) is 9.89 Å². The molecular weight excluding hydrogens is 325 g/mol. The number of carbonyl (C=O) groups is 1. The Hall–Kier alpha value is -2.41. The van der Waals surface area contributed by atoms with Crippen LogP contribution in [0.4, 0.5) is 4.39 Å². The maximum absolute atomic E-state index is 13.1. The molecule has 1 aromatic heterocycles. The van der Waals surface area contributed by atoms with Crippen molar-refractivity contribution in [3.8, 4) is 5.75 Å². The molecule has 0 saturated carbocycles. The highest BCUT2D eigenvalue weighted by Crippen LogP contribution is 2.31. The lowest BCUT2D eigenvalue weighted by atomic mass is 10.1. The van der Waals surface area contributed by atoms with Crippen LogP contribution in [0.1, 0.15) is 30.3 Å². The number of nitrogens with one attached hydrogen (secondary N) is 1. The van der Waals surface area contributed by atoms with Crippen LogP contribution in [0.15, 0.2) is 30.3 Å². The highest BCUT2D eigenvalue weighted by molar-refractivity contribution is 5.78. The number of likely N-dealkylation sites (tertiary alicyclic amines) is 1. The van der Waals surface area contributed by atoms with Gasteiger partial charge >= 0.3 is 0 Å². The van der Waals surface area contributed by atoms with Gasteiger partial charge in [0, 0.05) is 31.8 Å². The smallest absolute Gasteiger partial charge is 0.249 e. The number of benzene rings is 1. The SMILES string of the molecule is COCC(=O)N1CCCC1c1cc(CCOc2cccc(F)c2)[nH]n1. The van der Waals surface area contributed by atoms with Gasteiger partial charge in [-0.2, -0.15) is 5.10 Å². The summed E-state index contributed by atoms with van der Waals surface area (Å²) >= 11 is 0. The third kappa shape index (κ3) is 4.36. The van der Waals surface area contributed by atoms with Crippen molar-refractivity contribution in [2.75, 3.05) is 26.9 Å². The summed E-state index contributed by atoms with van der Waals surface area (Å²) in [6.45, 7) is 1.25. The Balaban J connectivity index is 1.56. The summed E-state index contributed by atoms with van der Waals surface area (Å²) in [7, 11) is 1.52. The summed E-state index contributed by atoms with van der Waals surface area (Å²) < 4.78 is 23.6. The van der Waals surface area contributed by atoms with Crippen LogP contribution in [-0.2, 0) is 16.0 Å². The van der Waals surface area contributed by atoms with E-state index in [-0.39, 0.29) is 24.4 Å². The first-order valence-corrected chi connectivity index (χ1v) is 8.38. The Bertz CT molecular complexity index is 719. The maximum atomic E-state index is 13.1. The third-order valence-corrected chi connectivity index (χ3v) is 4.27. The van der Waals surface area contributed by atoms with Gasteiger partial charge in [0.15, 0.2) is 0 Å². The molecule has 1 unspecified atom stereocenters. The van der Waals surface area contributed by atoms with Gasteiger partial charge in [-0.1, -0.05) is 6.07 Å². The van der Waals surface area contributed by atoms with Crippen LogP contribution in [0.2, 0.25) is 0 Å². The normalized spacial score (nSPS) is 17.0. The molecule has 0 radical (unpaired) electrons. The summed E-state index contributed by atoms with van der Waals surface area (Å²) in [5.74, 6) is 0.180. The van der Waals surface area contributed by atoms with E-state index >= 15 is 0 Å². The Morgan fingerprint density at radius 2 is 2.32 bits per heavy atom. The molecule has 0 aliphatic carbocycles. The lowest BCUT2D eigenvalue weighted by Gasteiger charge is -2.22. The molecule has 7 heteroatoms. The average molecular weight is 347 g/mol. The molecule has 1 aromatic carbocycles. The second kappa shape index (κ2) is 8.11. The number of hydrogen-bond acceptors (Lipinski definition) is 4. The zero-order valence-corrected chi connectivity index (χ0v) is 14.2. The number of H-pyrrole nitrogens is 1. The molecule has 2 aromatic rings. The van der Waals surface area contributed by atoms with Gasteiger partial charge < -0.3 is 14.4 Å². The first-order valence-electron chi connectivity index (χ1n) is 8.38. The molecule has 1 atom stereocenters. The number of aromatic nitrogens is 2. The fourth-order valence-electron chi connectivity index (χ4n) is 3.09. The molecule has 6 nitrogen and oxygen atoms in total. The van der Waals surface area contributed by atoms with E-state index in [2.05, 4.69) is 10.2 Å².